The Morgan fingerprint density at radius 3 is 2.07 bits per heavy atom. The quantitative estimate of drug-likeness (QED) is 0.173. The number of benzene rings is 4. The van der Waals surface area contributed by atoms with Gasteiger partial charge in [0.15, 0.2) is 23.3 Å². The van der Waals surface area contributed by atoms with Crippen LogP contribution in [-0.4, -0.2) is 57.9 Å². The van der Waals surface area contributed by atoms with Crippen LogP contribution in [0.3, 0.4) is 0 Å². The molecule has 4 aliphatic rings. The van der Waals surface area contributed by atoms with Gasteiger partial charge in [0.2, 0.25) is 0 Å². The number of aliphatic imine (C=N–C) groups is 6. The van der Waals surface area contributed by atoms with E-state index in [0.29, 0.717) is 23.3 Å². The Labute approximate surface area is 252 Å². The zero-order valence-corrected chi connectivity index (χ0v) is 24.5. The van der Waals surface area contributed by atoms with Crippen molar-refractivity contribution in [3.8, 4) is 0 Å². The molecule has 0 saturated heterocycles. The first-order valence-electron chi connectivity index (χ1n) is 14.3. The third-order valence-corrected chi connectivity index (χ3v) is 11.2. The monoisotopic (exact) mass is 570 g/mol. The normalized spacial score (nSPS) is 18.2. The summed E-state index contributed by atoms with van der Waals surface area (Å²) < 4.78 is 4.81. The fraction of sp³-hybridized carbons (Fsp3) is 0.0588. The van der Waals surface area contributed by atoms with Gasteiger partial charge in [0, 0.05) is 45.1 Å². The van der Waals surface area contributed by atoms with E-state index in [1.54, 1.807) is 0 Å². The van der Waals surface area contributed by atoms with Crippen LogP contribution in [0.15, 0.2) is 127 Å². The molecule has 1 aromatic heterocycles. The Morgan fingerprint density at radius 1 is 0.674 bits per heavy atom. The van der Waals surface area contributed by atoms with Gasteiger partial charge < -0.3 is 7.43 Å². The van der Waals surface area contributed by atoms with E-state index < -0.39 is 14.6 Å². The first kappa shape index (κ1) is 24.4. The number of hydrogen-bond acceptors (Lipinski definition) is 6. The summed E-state index contributed by atoms with van der Waals surface area (Å²) >= 11 is -2.05. The molecule has 0 unspecified atom stereocenters. The summed E-state index contributed by atoms with van der Waals surface area (Å²) in [4.78, 5) is 29.9. The Hall–Kier alpha value is -5.23. The van der Waals surface area contributed by atoms with E-state index in [9.17, 15) is 0 Å². The molecule has 43 heavy (non-hydrogen) atoms. The summed E-state index contributed by atoms with van der Waals surface area (Å²) in [7, 11) is 0. The van der Waals surface area contributed by atoms with Gasteiger partial charge in [-0.25, -0.2) is 30.0 Å². The number of hydrogen-bond donors (Lipinski definition) is 0. The molecule has 9 heteroatoms. The fourth-order valence-corrected chi connectivity index (χ4v) is 8.93. The zero-order chi connectivity index (χ0) is 28.7. The van der Waals surface area contributed by atoms with Crippen molar-refractivity contribution in [1.29, 1.82) is 0 Å². The van der Waals surface area contributed by atoms with Gasteiger partial charge in [-0.05, 0) is 12.3 Å². The number of amidine groups is 5. The lowest BCUT2D eigenvalue weighted by Gasteiger charge is -2.26. The highest BCUT2D eigenvalue weighted by Crippen LogP contribution is 2.42. The van der Waals surface area contributed by atoms with Gasteiger partial charge in [0.1, 0.15) is 17.5 Å². The highest BCUT2D eigenvalue weighted by Gasteiger charge is 2.40. The van der Waals surface area contributed by atoms with Gasteiger partial charge in [0.05, 0.1) is 0 Å². The molecule has 0 aliphatic carbocycles. The van der Waals surface area contributed by atoms with E-state index in [0.717, 1.165) is 62.6 Å². The number of rotatable bonds is 1. The largest absolute Gasteiger partial charge is 0.579 e. The topological polar surface area (TPSA) is 82.3 Å². The first-order valence-corrected chi connectivity index (χ1v) is 16.5. The number of nitrogens with zero attached hydrogens (tertiary/aromatic N) is 8. The molecule has 5 heterocycles. The van der Waals surface area contributed by atoms with Gasteiger partial charge in [-0.3, -0.25) is 0 Å². The number of aromatic nitrogens is 1. The molecule has 5 aromatic rings. The Morgan fingerprint density at radius 2 is 1.30 bits per heavy atom. The predicted molar refractivity (Wildman–Crippen MR) is 175 cm³/mol. The molecule has 9 rings (SSSR count). The molecule has 0 radical (unpaired) electrons. The van der Waals surface area contributed by atoms with Gasteiger partial charge in [-0.15, -0.1) is 0 Å². The molecular weight excluding hydrogens is 547 g/mol. The minimum absolute atomic E-state index is 0.589. The minimum atomic E-state index is -2.05. The summed E-state index contributed by atoms with van der Waals surface area (Å²) in [5.41, 5.74) is 6.27. The van der Waals surface area contributed by atoms with E-state index in [4.69, 9.17) is 25.0 Å². The summed E-state index contributed by atoms with van der Waals surface area (Å²) in [5.74, 6) is 7.56. The van der Waals surface area contributed by atoms with Crippen LogP contribution in [0, 0.1) is 0 Å². The van der Waals surface area contributed by atoms with Crippen LogP contribution in [0.5, 0.6) is 0 Å². The van der Waals surface area contributed by atoms with E-state index in [2.05, 4.69) is 85.6 Å². The zero-order valence-electron chi connectivity index (χ0n) is 23.3. The molecule has 0 spiro atoms. The molecule has 8 nitrogen and oxygen atoms in total. The van der Waals surface area contributed by atoms with Crippen molar-refractivity contribution >= 4 is 72.9 Å². The van der Waals surface area contributed by atoms with E-state index in [1.165, 1.54) is 5.56 Å². The van der Waals surface area contributed by atoms with Crippen LogP contribution in [0.1, 0.15) is 33.4 Å². The van der Waals surface area contributed by atoms with E-state index in [1.807, 2.05) is 36.4 Å². The van der Waals surface area contributed by atoms with Crippen LogP contribution in [-0.2, 0) is 6.54 Å². The Bertz CT molecular complexity index is 2220. The lowest BCUT2D eigenvalue weighted by molar-refractivity contribution is 0.638. The second-order valence-corrected chi connectivity index (χ2v) is 13.3. The Kier molecular flexibility index (Phi) is 5.18. The number of fused-ring (bicyclic) bond motifs is 11. The molecule has 0 N–H and O–H groups in total. The summed E-state index contributed by atoms with van der Waals surface area (Å²) in [6.07, 6.45) is 0. The SMILES string of the molecule is C=NC1=N/C(=N\c2c3ccccc3c3[n]2[Al]([CH3])[N]2Cc4ccccc4C2=NC2=N/C(=N\3)c3ccccc32)c2ccccc21. The second kappa shape index (κ2) is 9.13. The van der Waals surface area contributed by atoms with Crippen LogP contribution in [0.25, 0.3) is 10.8 Å². The van der Waals surface area contributed by atoms with Crippen molar-refractivity contribution in [3.63, 3.8) is 0 Å². The van der Waals surface area contributed by atoms with Crippen molar-refractivity contribution in [2.24, 2.45) is 30.0 Å². The van der Waals surface area contributed by atoms with Crippen LogP contribution in [0.2, 0.25) is 5.79 Å². The summed E-state index contributed by atoms with van der Waals surface area (Å²) in [6, 6.07) is 33.2. The molecular formula is C34H23AlN8. The first-order chi connectivity index (χ1) is 21.2. The van der Waals surface area contributed by atoms with Crippen LogP contribution in [0.4, 0.5) is 11.6 Å². The smallest absolute Gasteiger partial charge is 0.425 e. The summed E-state index contributed by atoms with van der Waals surface area (Å²) in [5, 5.41) is 2.05. The maximum atomic E-state index is 5.31. The van der Waals surface area contributed by atoms with Crippen molar-refractivity contribution in [3.05, 3.63) is 130 Å². The second-order valence-electron chi connectivity index (χ2n) is 10.9. The van der Waals surface area contributed by atoms with Crippen LogP contribution < -0.4 is 0 Å². The molecule has 0 saturated carbocycles. The molecule has 0 amide bonds. The van der Waals surface area contributed by atoms with Gasteiger partial charge in [0.25, 0.3) is 0 Å². The molecule has 202 valence electrons. The minimum Gasteiger partial charge on any atom is -0.425 e. The maximum Gasteiger partial charge on any atom is 0.579 e. The Balaban J connectivity index is 1.37. The van der Waals surface area contributed by atoms with Crippen LogP contribution >= 0.6 is 0 Å². The molecule has 0 fully saturated rings. The molecule has 4 aromatic carbocycles. The van der Waals surface area contributed by atoms with Crippen molar-refractivity contribution < 1.29 is 0 Å². The lowest BCUT2D eigenvalue weighted by atomic mass is 10.1. The highest BCUT2D eigenvalue weighted by atomic mass is 27.2. The van der Waals surface area contributed by atoms with E-state index in [-0.39, 0.29) is 0 Å². The molecule has 2 bridgehead atoms. The maximum absolute atomic E-state index is 5.31. The summed E-state index contributed by atoms with van der Waals surface area (Å²) in [6.45, 7) is 4.53. The standard InChI is InChI=1S/C33H20N8.CH3.Al/c1-34-27-21-12-4-5-13-22(21)29(36-27)38-31-25-16-8-9-17-26(25)33(40-31)41-32-24-15-7-6-14-23(24)30(39-32)37-28-20-11-3-2-10-19(20)18-35-28;;/h2-17H,1,18H2;1H3;/q-2;;+2/b38-29-;;. The van der Waals surface area contributed by atoms with Crippen molar-refractivity contribution in [1.82, 2.24) is 7.43 Å². The van der Waals surface area contributed by atoms with Crippen molar-refractivity contribution in [2.75, 3.05) is 0 Å². The average molecular weight is 571 g/mol. The highest BCUT2D eigenvalue weighted by molar-refractivity contribution is 6.59. The van der Waals surface area contributed by atoms with E-state index >= 15 is 0 Å². The third kappa shape index (κ3) is 3.50. The van der Waals surface area contributed by atoms with Crippen molar-refractivity contribution in [2.45, 2.75) is 12.3 Å². The van der Waals surface area contributed by atoms with Gasteiger partial charge in [-0.1, -0.05) is 103 Å². The fourth-order valence-electron chi connectivity index (χ4n) is 6.54. The lowest BCUT2D eigenvalue weighted by Crippen LogP contribution is -2.43. The van der Waals surface area contributed by atoms with Gasteiger partial charge in [-0.2, -0.15) is 0 Å². The molecule has 0 atom stereocenters. The average Bonchev–Trinajstić information content (AvgIpc) is 3.78. The predicted octanol–water partition coefficient (Wildman–Crippen LogP) is 6.26. The third-order valence-electron chi connectivity index (χ3n) is 8.59. The van der Waals surface area contributed by atoms with Gasteiger partial charge >= 0.3 is 14.6 Å². The molecule has 4 aliphatic heterocycles.